The zero-order valence-electron chi connectivity index (χ0n) is 12.2. The van der Waals surface area contributed by atoms with Gasteiger partial charge in [0.1, 0.15) is 0 Å². The first-order chi connectivity index (χ1) is 10.8. The highest BCUT2D eigenvalue weighted by Crippen LogP contribution is 2.25. The molecule has 0 spiro atoms. The third-order valence-corrected chi connectivity index (χ3v) is 5.09. The van der Waals surface area contributed by atoms with E-state index in [0.717, 1.165) is 12.8 Å². The largest absolute Gasteiger partial charge is 0.381 e. The van der Waals surface area contributed by atoms with Crippen LogP contribution in [0.15, 0.2) is 41.8 Å². The Kier molecular flexibility index (Phi) is 5.13. The van der Waals surface area contributed by atoms with Crippen molar-refractivity contribution in [1.82, 2.24) is 4.90 Å². The van der Waals surface area contributed by atoms with Crippen molar-refractivity contribution in [2.24, 2.45) is 0 Å². The second kappa shape index (κ2) is 7.27. The first-order valence-electron chi connectivity index (χ1n) is 7.41. The van der Waals surface area contributed by atoms with E-state index >= 15 is 0 Å². The minimum atomic E-state index is 0.00546. The lowest BCUT2D eigenvalue weighted by Crippen LogP contribution is -2.42. The zero-order chi connectivity index (χ0) is 15.4. The van der Waals surface area contributed by atoms with Gasteiger partial charge in [-0.1, -0.05) is 29.8 Å². The summed E-state index contributed by atoms with van der Waals surface area (Å²) in [5.74, 6) is 0.00546. The average molecular weight is 336 g/mol. The molecular weight excluding hydrogens is 318 g/mol. The van der Waals surface area contributed by atoms with E-state index < -0.39 is 0 Å². The molecule has 0 bridgehead atoms. The fraction of sp³-hybridized carbons (Fsp3) is 0.353. The molecule has 3 rings (SSSR count). The van der Waals surface area contributed by atoms with Crippen molar-refractivity contribution in [2.75, 3.05) is 13.2 Å². The molecule has 22 heavy (non-hydrogen) atoms. The number of rotatable bonds is 4. The highest BCUT2D eigenvalue weighted by atomic mass is 35.5. The molecule has 1 aliphatic rings. The Balaban J connectivity index is 1.86. The van der Waals surface area contributed by atoms with Gasteiger partial charge in [0, 0.05) is 24.1 Å². The number of carbonyl (C=O) groups is 1. The summed E-state index contributed by atoms with van der Waals surface area (Å²) in [4.78, 5) is 16.1. The summed E-state index contributed by atoms with van der Waals surface area (Å²) in [7, 11) is 0. The predicted octanol–water partition coefficient (Wildman–Crippen LogP) is 4.22. The van der Waals surface area contributed by atoms with Crippen LogP contribution in [0, 0.1) is 0 Å². The molecule has 0 atom stereocenters. The van der Waals surface area contributed by atoms with Crippen LogP contribution in [0.5, 0.6) is 0 Å². The van der Waals surface area contributed by atoms with Crippen molar-refractivity contribution in [2.45, 2.75) is 25.4 Å². The van der Waals surface area contributed by atoms with Crippen LogP contribution in [0.1, 0.15) is 28.1 Å². The summed E-state index contributed by atoms with van der Waals surface area (Å²) in [6.45, 7) is 2.05. The maximum absolute atomic E-state index is 13.0. The zero-order valence-corrected chi connectivity index (χ0v) is 13.8. The molecular formula is C17H18ClNO2S. The molecule has 5 heteroatoms. The third kappa shape index (κ3) is 3.51. The molecule has 0 saturated carbocycles. The van der Waals surface area contributed by atoms with Gasteiger partial charge in [0.15, 0.2) is 0 Å². The number of nitrogens with zero attached hydrogens (tertiary/aromatic N) is 1. The Bertz CT molecular complexity index is 623. The van der Waals surface area contributed by atoms with Crippen LogP contribution in [0.2, 0.25) is 5.02 Å². The van der Waals surface area contributed by atoms with Crippen LogP contribution >= 0.6 is 22.9 Å². The number of carbonyl (C=O) groups excluding carboxylic acids is 1. The number of hydrogen-bond acceptors (Lipinski definition) is 3. The normalized spacial score (nSPS) is 15.7. The van der Waals surface area contributed by atoms with Crippen molar-refractivity contribution in [3.05, 3.63) is 57.2 Å². The van der Waals surface area contributed by atoms with Crippen LogP contribution in [-0.2, 0) is 11.3 Å². The van der Waals surface area contributed by atoms with Gasteiger partial charge >= 0.3 is 0 Å². The number of amides is 1. The van der Waals surface area contributed by atoms with Gasteiger partial charge in [0.25, 0.3) is 5.91 Å². The standard InChI is InChI=1S/C17H18ClNO2S/c18-16-6-2-1-5-15(16)17(20)19(12-14-4-3-11-22-14)13-7-9-21-10-8-13/h1-6,11,13H,7-10,12H2. The van der Waals surface area contributed by atoms with E-state index in [9.17, 15) is 4.79 Å². The fourth-order valence-corrected chi connectivity index (χ4v) is 3.64. The summed E-state index contributed by atoms with van der Waals surface area (Å²) in [6.07, 6.45) is 1.75. The Morgan fingerprint density at radius 3 is 2.68 bits per heavy atom. The third-order valence-electron chi connectivity index (χ3n) is 3.90. The molecule has 1 aliphatic heterocycles. The Labute approximate surface area is 139 Å². The van der Waals surface area contributed by atoms with E-state index in [1.54, 1.807) is 23.5 Å². The minimum absolute atomic E-state index is 0.00546. The molecule has 1 saturated heterocycles. The molecule has 2 heterocycles. The van der Waals surface area contributed by atoms with Crippen molar-refractivity contribution in [3.8, 4) is 0 Å². The van der Waals surface area contributed by atoms with Gasteiger partial charge in [0.2, 0.25) is 0 Å². The van der Waals surface area contributed by atoms with E-state index in [-0.39, 0.29) is 11.9 Å². The molecule has 1 fully saturated rings. The lowest BCUT2D eigenvalue weighted by molar-refractivity contribution is 0.0270. The first kappa shape index (κ1) is 15.5. The molecule has 116 valence electrons. The monoisotopic (exact) mass is 335 g/mol. The summed E-state index contributed by atoms with van der Waals surface area (Å²) in [5.41, 5.74) is 0.576. The lowest BCUT2D eigenvalue weighted by Gasteiger charge is -2.34. The van der Waals surface area contributed by atoms with Gasteiger partial charge in [0.05, 0.1) is 17.1 Å². The molecule has 0 radical (unpaired) electrons. The van der Waals surface area contributed by atoms with Crippen molar-refractivity contribution < 1.29 is 9.53 Å². The van der Waals surface area contributed by atoms with Gasteiger partial charge in [-0.25, -0.2) is 0 Å². The molecule has 0 N–H and O–H groups in total. The molecule has 3 nitrogen and oxygen atoms in total. The lowest BCUT2D eigenvalue weighted by atomic mass is 10.0. The highest BCUT2D eigenvalue weighted by molar-refractivity contribution is 7.09. The van der Waals surface area contributed by atoms with Crippen molar-refractivity contribution in [3.63, 3.8) is 0 Å². The Hall–Kier alpha value is -1.36. The number of benzene rings is 1. The van der Waals surface area contributed by atoms with Gasteiger partial charge < -0.3 is 9.64 Å². The second-order valence-electron chi connectivity index (χ2n) is 5.34. The topological polar surface area (TPSA) is 29.5 Å². The molecule has 0 aliphatic carbocycles. The summed E-state index contributed by atoms with van der Waals surface area (Å²) < 4.78 is 5.43. The Morgan fingerprint density at radius 2 is 2.00 bits per heavy atom. The SMILES string of the molecule is O=C(c1ccccc1Cl)N(Cc1cccs1)C1CCOCC1. The number of hydrogen-bond donors (Lipinski definition) is 0. The van der Waals surface area contributed by atoms with E-state index in [0.29, 0.717) is 30.3 Å². The minimum Gasteiger partial charge on any atom is -0.381 e. The molecule has 1 amide bonds. The van der Waals surface area contributed by atoms with E-state index in [1.807, 2.05) is 28.5 Å². The molecule has 0 unspecified atom stereocenters. The van der Waals surface area contributed by atoms with Gasteiger partial charge in [-0.2, -0.15) is 0 Å². The Morgan fingerprint density at radius 1 is 1.23 bits per heavy atom. The molecule has 2 aromatic rings. The first-order valence-corrected chi connectivity index (χ1v) is 8.67. The van der Waals surface area contributed by atoms with Crippen LogP contribution in [0.25, 0.3) is 0 Å². The van der Waals surface area contributed by atoms with Crippen LogP contribution in [0.3, 0.4) is 0 Å². The fourth-order valence-electron chi connectivity index (χ4n) is 2.72. The molecule has 1 aromatic heterocycles. The second-order valence-corrected chi connectivity index (χ2v) is 6.78. The number of ether oxygens (including phenoxy) is 1. The van der Waals surface area contributed by atoms with Crippen molar-refractivity contribution >= 4 is 28.8 Å². The summed E-state index contributed by atoms with van der Waals surface area (Å²) >= 11 is 7.89. The summed E-state index contributed by atoms with van der Waals surface area (Å²) in [6, 6.07) is 11.6. The van der Waals surface area contributed by atoms with E-state index in [1.165, 1.54) is 4.88 Å². The van der Waals surface area contributed by atoms with Gasteiger partial charge in [-0.15, -0.1) is 11.3 Å². The van der Waals surface area contributed by atoms with Gasteiger partial charge in [-0.05, 0) is 36.4 Å². The number of thiophene rings is 1. The maximum Gasteiger partial charge on any atom is 0.255 e. The van der Waals surface area contributed by atoms with Crippen LogP contribution < -0.4 is 0 Å². The van der Waals surface area contributed by atoms with Crippen LogP contribution in [0.4, 0.5) is 0 Å². The quantitative estimate of drug-likeness (QED) is 0.837. The smallest absolute Gasteiger partial charge is 0.255 e. The average Bonchev–Trinajstić information content (AvgIpc) is 3.06. The van der Waals surface area contributed by atoms with Crippen molar-refractivity contribution in [1.29, 1.82) is 0 Å². The van der Waals surface area contributed by atoms with E-state index in [4.69, 9.17) is 16.3 Å². The number of halogens is 1. The van der Waals surface area contributed by atoms with E-state index in [2.05, 4.69) is 6.07 Å². The summed E-state index contributed by atoms with van der Waals surface area (Å²) in [5, 5.41) is 2.55. The van der Waals surface area contributed by atoms with Crippen LogP contribution in [-0.4, -0.2) is 30.1 Å². The predicted molar refractivity (Wildman–Crippen MR) is 89.5 cm³/mol. The van der Waals surface area contributed by atoms with Gasteiger partial charge in [-0.3, -0.25) is 4.79 Å². The molecule has 1 aromatic carbocycles. The maximum atomic E-state index is 13.0. The highest BCUT2D eigenvalue weighted by Gasteiger charge is 2.28.